The molecule has 0 fully saturated rings. The molecule has 178 valence electrons. The first-order valence-electron chi connectivity index (χ1n) is 11.1. The Hall–Kier alpha value is -4.43. The third kappa shape index (κ3) is 5.29. The Balaban J connectivity index is 1.43. The lowest BCUT2D eigenvalue weighted by molar-refractivity contribution is -0.113. The highest BCUT2D eigenvalue weighted by Gasteiger charge is 2.15. The van der Waals surface area contributed by atoms with Gasteiger partial charge in [-0.3, -0.25) is 14.2 Å². The minimum atomic E-state index is -0.440. The minimum Gasteiger partial charge on any atom is -0.457 e. The monoisotopic (exact) mass is 497 g/mol. The van der Waals surface area contributed by atoms with E-state index in [0.29, 0.717) is 38.9 Å². The highest BCUT2D eigenvalue weighted by atomic mass is 32.2. The Morgan fingerprint density at radius 2 is 1.61 bits per heavy atom. The summed E-state index contributed by atoms with van der Waals surface area (Å²) in [4.78, 5) is 30.6. The van der Waals surface area contributed by atoms with Gasteiger partial charge in [-0.25, -0.2) is 9.37 Å². The molecule has 8 heteroatoms. The lowest BCUT2D eigenvalue weighted by Gasteiger charge is -2.14. The molecule has 4 aromatic carbocycles. The maximum Gasteiger partial charge on any atom is 0.266 e. The van der Waals surface area contributed by atoms with Crippen molar-refractivity contribution in [1.29, 1.82) is 0 Å². The number of nitrogens with one attached hydrogen (secondary N) is 1. The topological polar surface area (TPSA) is 73.2 Å². The van der Waals surface area contributed by atoms with Crippen LogP contribution in [0.15, 0.2) is 113 Å². The SMILES string of the molecule is O=C(CSc1nc2ccccc2c(=O)n1-c1ccc(Oc2ccccc2)cc1)Nc1cccc(F)c1. The van der Waals surface area contributed by atoms with E-state index in [1.54, 1.807) is 54.6 Å². The molecule has 0 bridgehead atoms. The second-order valence-electron chi connectivity index (χ2n) is 7.81. The van der Waals surface area contributed by atoms with Crippen LogP contribution in [-0.2, 0) is 4.79 Å². The fourth-order valence-corrected chi connectivity index (χ4v) is 4.43. The van der Waals surface area contributed by atoms with Gasteiger partial charge in [0.2, 0.25) is 5.91 Å². The van der Waals surface area contributed by atoms with Crippen molar-refractivity contribution >= 4 is 34.3 Å². The van der Waals surface area contributed by atoms with Crippen LogP contribution >= 0.6 is 11.8 Å². The average Bonchev–Trinajstić information content (AvgIpc) is 2.89. The molecular weight excluding hydrogens is 477 g/mol. The van der Waals surface area contributed by atoms with Crippen LogP contribution in [0, 0.1) is 5.82 Å². The number of aromatic nitrogens is 2. The Kier molecular flexibility index (Phi) is 6.77. The molecule has 5 aromatic rings. The molecule has 1 N–H and O–H groups in total. The summed E-state index contributed by atoms with van der Waals surface area (Å²) in [6, 6.07) is 29.2. The van der Waals surface area contributed by atoms with Gasteiger partial charge in [-0.05, 0) is 66.7 Å². The summed E-state index contributed by atoms with van der Waals surface area (Å²) >= 11 is 1.12. The van der Waals surface area contributed by atoms with Gasteiger partial charge in [-0.1, -0.05) is 48.2 Å². The number of benzene rings is 4. The first-order valence-corrected chi connectivity index (χ1v) is 12.1. The van der Waals surface area contributed by atoms with Gasteiger partial charge in [-0.15, -0.1) is 0 Å². The van der Waals surface area contributed by atoms with E-state index in [4.69, 9.17) is 4.74 Å². The summed E-state index contributed by atoms with van der Waals surface area (Å²) in [6.07, 6.45) is 0. The molecule has 0 aliphatic heterocycles. The molecule has 0 aliphatic carbocycles. The standard InChI is InChI=1S/C28H20FN3O3S/c29-19-7-6-8-20(17-19)30-26(33)18-36-28-31-25-12-5-4-11-24(25)27(34)32(28)21-13-15-23(16-14-21)35-22-9-2-1-3-10-22/h1-17H,18H2,(H,30,33). The number of ether oxygens (including phenoxy) is 1. The van der Waals surface area contributed by atoms with Crippen LogP contribution in [0.5, 0.6) is 11.5 Å². The van der Waals surface area contributed by atoms with Gasteiger partial charge >= 0.3 is 0 Å². The molecular formula is C28H20FN3O3S. The maximum atomic E-state index is 13.4. The summed E-state index contributed by atoms with van der Waals surface area (Å²) < 4.78 is 20.8. The largest absolute Gasteiger partial charge is 0.457 e. The summed E-state index contributed by atoms with van der Waals surface area (Å²) in [5, 5.41) is 3.50. The summed E-state index contributed by atoms with van der Waals surface area (Å²) in [7, 11) is 0. The van der Waals surface area contributed by atoms with E-state index >= 15 is 0 Å². The molecule has 0 unspecified atom stereocenters. The molecule has 0 atom stereocenters. The van der Waals surface area contributed by atoms with Gasteiger partial charge in [0.15, 0.2) is 5.16 Å². The van der Waals surface area contributed by atoms with Gasteiger partial charge in [-0.2, -0.15) is 0 Å². The van der Waals surface area contributed by atoms with Crippen molar-refractivity contribution in [2.45, 2.75) is 5.16 Å². The Bertz CT molecular complexity index is 1590. The number of hydrogen-bond donors (Lipinski definition) is 1. The molecule has 0 saturated heterocycles. The second kappa shape index (κ2) is 10.5. The van der Waals surface area contributed by atoms with E-state index in [2.05, 4.69) is 10.3 Å². The predicted molar refractivity (Wildman–Crippen MR) is 140 cm³/mol. The minimum absolute atomic E-state index is 0.0174. The van der Waals surface area contributed by atoms with Crippen LogP contribution in [0.3, 0.4) is 0 Å². The number of hydrogen-bond acceptors (Lipinski definition) is 5. The highest BCUT2D eigenvalue weighted by Crippen LogP contribution is 2.25. The number of fused-ring (bicyclic) bond motifs is 1. The normalized spacial score (nSPS) is 10.8. The number of carbonyl (C=O) groups excluding carboxylic acids is 1. The predicted octanol–water partition coefficient (Wildman–Crippen LogP) is 6.05. The number of halogens is 1. The van der Waals surface area contributed by atoms with Crippen molar-refractivity contribution in [3.63, 3.8) is 0 Å². The summed E-state index contributed by atoms with van der Waals surface area (Å²) in [5.74, 6) is 0.526. The zero-order valence-corrected chi connectivity index (χ0v) is 19.7. The number of rotatable bonds is 7. The molecule has 1 aromatic heterocycles. The van der Waals surface area contributed by atoms with Crippen LogP contribution in [0.1, 0.15) is 0 Å². The van der Waals surface area contributed by atoms with E-state index in [0.717, 1.165) is 11.8 Å². The summed E-state index contributed by atoms with van der Waals surface area (Å²) in [5.41, 5.74) is 1.24. The molecule has 0 aliphatic rings. The second-order valence-corrected chi connectivity index (χ2v) is 8.75. The number of amides is 1. The Morgan fingerprint density at radius 3 is 2.39 bits per heavy atom. The number of thioether (sulfide) groups is 1. The van der Waals surface area contributed by atoms with E-state index in [9.17, 15) is 14.0 Å². The van der Waals surface area contributed by atoms with E-state index in [1.165, 1.54) is 22.8 Å². The number of carbonyl (C=O) groups is 1. The van der Waals surface area contributed by atoms with Gasteiger partial charge in [0.25, 0.3) is 5.56 Å². The van der Waals surface area contributed by atoms with Crippen molar-refractivity contribution in [2.75, 3.05) is 11.1 Å². The van der Waals surface area contributed by atoms with Crippen LogP contribution in [0.25, 0.3) is 16.6 Å². The fraction of sp³-hybridized carbons (Fsp3) is 0.0357. The number of para-hydroxylation sites is 2. The Labute approximate surface area is 210 Å². The van der Waals surface area contributed by atoms with Gasteiger partial charge in [0.05, 0.1) is 22.3 Å². The van der Waals surface area contributed by atoms with Crippen molar-refractivity contribution in [2.24, 2.45) is 0 Å². The number of anilines is 1. The van der Waals surface area contributed by atoms with Crippen LogP contribution in [-0.4, -0.2) is 21.2 Å². The van der Waals surface area contributed by atoms with Crippen molar-refractivity contribution in [3.05, 3.63) is 119 Å². The van der Waals surface area contributed by atoms with Gasteiger partial charge in [0, 0.05) is 5.69 Å². The lowest BCUT2D eigenvalue weighted by Crippen LogP contribution is -2.23. The van der Waals surface area contributed by atoms with Gasteiger partial charge in [0.1, 0.15) is 17.3 Å². The lowest BCUT2D eigenvalue weighted by atomic mass is 10.2. The molecule has 1 heterocycles. The van der Waals surface area contributed by atoms with Gasteiger partial charge < -0.3 is 10.1 Å². The first-order chi connectivity index (χ1) is 17.6. The highest BCUT2D eigenvalue weighted by molar-refractivity contribution is 7.99. The molecule has 0 radical (unpaired) electrons. The van der Waals surface area contributed by atoms with Crippen molar-refractivity contribution in [1.82, 2.24) is 9.55 Å². The molecule has 1 amide bonds. The molecule has 0 spiro atoms. The van der Waals surface area contributed by atoms with Crippen molar-refractivity contribution in [3.8, 4) is 17.2 Å². The Morgan fingerprint density at radius 1 is 0.889 bits per heavy atom. The zero-order chi connectivity index (χ0) is 24.9. The van der Waals surface area contributed by atoms with E-state index in [1.807, 2.05) is 30.3 Å². The van der Waals surface area contributed by atoms with Crippen LogP contribution in [0.2, 0.25) is 0 Å². The molecule has 0 saturated carbocycles. The fourth-order valence-electron chi connectivity index (χ4n) is 3.62. The zero-order valence-electron chi connectivity index (χ0n) is 18.9. The molecule has 5 rings (SSSR count). The van der Waals surface area contributed by atoms with E-state index in [-0.39, 0.29) is 17.2 Å². The average molecular weight is 498 g/mol. The smallest absolute Gasteiger partial charge is 0.266 e. The van der Waals surface area contributed by atoms with Crippen molar-refractivity contribution < 1.29 is 13.9 Å². The van der Waals surface area contributed by atoms with Crippen LogP contribution < -0.4 is 15.6 Å². The van der Waals surface area contributed by atoms with E-state index < -0.39 is 5.82 Å². The first kappa shape index (κ1) is 23.3. The maximum absolute atomic E-state index is 13.4. The third-order valence-corrected chi connectivity index (χ3v) is 6.20. The quantitative estimate of drug-likeness (QED) is 0.219. The molecule has 6 nitrogen and oxygen atoms in total. The third-order valence-electron chi connectivity index (χ3n) is 5.26. The number of nitrogens with zero attached hydrogens (tertiary/aromatic N) is 2. The summed E-state index contributed by atoms with van der Waals surface area (Å²) in [6.45, 7) is 0. The van der Waals surface area contributed by atoms with Crippen LogP contribution in [0.4, 0.5) is 10.1 Å². The molecule has 36 heavy (non-hydrogen) atoms.